The largest absolute Gasteiger partial charge is 0.335 e. The van der Waals surface area contributed by atoms with E-state index in [-0.39, 0.29) is 23.6 Å². The van der Waals surface area contributed by atoms with Crippen LogP contribution in [0.5, 0.6) is 0 Å². The molecule has 5 nitrogen and oxygen atoms in total. The van der Waals surface area contributed by atoms with Crippen LogP contribution in [0.1, 0.15) is 19.4 Å². The Morgan fingerprint density at radius 1 is 1.38 bits per heavy atom. The van der Waals surface area contributed by atoms with Crippen LogP contribution in [0.2, 0.25) is 0 Å². The third-order valence-corrected chi connectivity index (χ3v) is 5.47. The molecule has 24 heavy (non-hydrogen) atoms. The molecule has 1 unspecified atom stereocenters. The maximum absolute atomic E-state index is 12.4. The second kappa shape index (κ2) is 8.84. The minimum atomic E-state index is -0.281. The van der Waals surface area contributed by atoms with Crippen molar-refractivity contribution in [1.29, 1.82) is 0 Å². The highest BCUT2D eigenvalue weighted by Crippen LogP contribution is 2.26. The molecule has 1 N–H and O–H groups in total. The Bertz CT molecular complexity index is 689. The van der Waals surface area contributed by atoms with Crippen LogP contribution in [0.25, 0.3) is 0 Å². The van der Waals surface area contributed by atoms with Gasteiger partial charge in [0, 0.05) is 24.3 Å². The fourth-order valence-electron chi connectivity index (χ4n) is 2.21. The number of likely N-dealkylation sites (N-methyl/N-ethyl adjacent to an activating group) is 1. The number of anilines is 1. The van der Waals surface area contributed by atoms with Crippen molar-refractivity contribution in [3.63, 3.8) is 0 Å². The van der Waals surface area contributed by atoms with Gasteiger partial charge in [-0.3, -0.25) is 9.59 Å². The first-order valence-electron chi connectivity index (χ1n) is 7.70. The predicted molar refractivity (Wildman–Crippen MR) is 99.5 cm³/mol. The molecule has 1 aromatic carbocycles. The Kier molecular flexibility index (Phi) is 6.81. The van der Waals surface area contributed by atoms with Gasteiger partial charge in [-0.1, -0.05) is 36.9 Å². The molecule has 0 bridgehead atoms. The molecule has 1 atom stereocenters. The zero-order valence-electron chi connectivity index (χ0n) is 14.0. The normalized spacial score (nSPS) is 11.8. The molecule has 0 aliphatic rings. The van der Waals surface area contributed by atoms with E-state index in [2.05, 4.69) is 10.3 Å². The van der Waals surface area contributed by atoms with Crippen molar-refractivity contribution in [1.82, 2.24) is 9.88 Å². The number of hydrogen-bond donors (Lipinski definition) is 1. The molecule has 1 aromatic heterocycles. The number of para-hydroxylation sites is 1. The summed E-state index contributed by atoms with van der Waals surface area (Å²) in [6.45, 7) is 3.90. The number of carbonyl (C=O) groups is 2. The summed E-state index contributed by atoms with van der Waals surface area (Å²) in [7, 11) is 1.65. The number of amides is 2. The van der Waals surface area contributed by atoms with Gasteiger partial charge in [0.15, 0.2) is 4.34 Å². The number of rotatable bonds is 7. The third kappa shape index (κ3) is 5.07. The fourth-order valence-corrected chi connectivity index (χ4v) is 4.10. The van der Waals surface area contributed by atoms with Crippen LogP contribution in [0, 0.1) is 0 Å². The lowest BCUT2D eigenvalue weighted by Gasteiger charge is -2.20. The number of nitrogens with one attached hydrogen (secondary N) is 1. The van der Waals surface area contributed by atoms with Crippen LogP contribution < -0.4 is 5.32 Å². The van der Waals surface area contributed by atoms with E-state index >= 15 is 0 Å². The van der Waals surface area contributed by atoms with E-state index in [0.717, 1.165) is 22.0 Å². The number of nitrogens with zero attached hydrogens (tertiary/aromatic N) is 2. The van der Waals surface area contributed by atoms with Gasteiger partial charge in [-0.25, -0.2) is 4.98 Å². The molecule has 0 aliphatic heterocycles. The van der Waals surface area contributed by atoms with Crippen LogP contribution in [0.3, 0.4) is 0 Å². The lowest BCUT2D eigenvalue weighted by molar-refractivity contribution is -0.132. The number of benzene rings is 1. The molecule has 7 heteroatoms. The highest BCUT2D eigenvalue weighted by Gasteiger charge is 2.21. The first-order valence-corrected chi connectivity index (χ1v) is 9.46. The summed E-state index contributed by atoms with van der Waals surface area (Å²) in [4.78, 5) is 30.2. The maximum Gasteiger partial charge on any atom is 0.243 e. The molecule has 0 fully saturated rings. The van der Waals surface area contributed by atoms with Crippen molar-refractivity contribution in [3.8, 4) is 0 Å². The van der Waals surface area contributed by atoms with E-state index in [1.807, 2.05) is 43.5 Å². The van der Waals surface area contributed by atoms with E-state index < -0.39 is 0 Å². The highest BCUT2D eigenvalue weighted by atomic mass is 32.2. The first-order chi connectivity index (χ1) is 11.5. The van der Waals surface area contributed by atoms with E-state index in [9.17, 15) is 9.59 Å². The van der Waals surface area contributed by atoms with Crippen LogP contribution in [-0.4, -0.2) is 40.5 Å². The molecule has 0 saturated heterocycles. The molecule has 1 heterocycles. The summed E-state index contributed by atoms with van der Waals surface area (Å²) in [6, 6.07) is 7.69. The van der Waals surface area contributed by atoms with E-state index in [4.69, 9.17) is 0 Å². The predicted octanol–water partition coefficient (Wildman–Crippen LogP) is 3.28. The van der Waals surface area contributed by atoms with Gasteiger partial charge in [-0.2, -0.15) is 0 Å². The molecule has 0 radical (unpaired) electrons. The molecular formula is C17H21N3O2S2. The van der Waals surface area contributed by atoms with Crippen LogP contribution in [0.15, 0.2) is 40.2 Å². The average molecular weight is 364 g/mol. The zero-order chi connectivity index (χ0) is 17.5. The Morgan fingerprint density at radius 3 is 2.79 bits per heavy atom. The second-order valence-electron chi connectivity index (χ2n) is 5.31. The third-order valence-electron chi connectivity index (χ3n) is 3.46. The number of aryl methyl sites for hydroxylation is 1. The average Bonchev–Trinajstić information content (AvgIpc) is 3.07. The van der Waals surface area contributed by atoms with Gasteiger partial charge in [-0.05, 0) is 25.0 Å². The van der Waals surface area contributed by atoms with Crippen molar-refractivity contribution in [3.05, 3.63) is 41.4 Å². The van der Waals surface area contributed by atoms with Crippen molar-refractivity contribution >= 4 is 40.6 Å². The smallest absolute Gasteiger partial charge is 0.243 e. The summed E-state index contributed by atoms with van der Waals surface area (Å²) >= 11 is 2.91. The summed E-state index contributed by atoms with van der Waals surface area (Å²) in [5, 5.41) is 4.48. The quantitative estimate of drug-likeness (QED) is 0.767. The van der Waals surface area contributed by atoms with Crippen molar-refractivity contribution in [2.24, 2.45) is 0 Å². The van der Waals surface area contributed by atoms with Crippen LogP contribution >= 0.6 is 23.1 Å². The summed E-state index contributed by atoms with van der Waals surface area (Å²) in [6.07, 6.45) is 2.55. The van der Waals surface area contributed by atoms with Crippen molar-refractivity contribution in [2.75, 3.05) is 18.9 Å². The lowest BCUT2D eigenvalue weighted by atomic mass is 10.1. The standard InChI is InChI=1S/C17H21N3O2S2/c1-4-13-7-5-6-8-14(13)19-15(21)11-20(3)16(22)12(2)24-17-18-9-10-23-17/h5-10,12H,4,11H2,1-3H3,(H,19,21). The molecule has 0 aliphatic carbocycles. The summed E-state index contributed by atoms with van der Waals surface area (Å²) in [5.74, 6) is -0.285. The van der Waals surface area contributed by atoms with Crippen molar-refractivity contribution < 1.29 is 9.59 Å². The molecule has 2 amide bonds. The number of aromatic nitrogens is 1. The Balaban J connectivity index is 1.89. The van der Waals surface area contributed by atoms with Gasteiger partial charge in [0.25, 0.3) is 0 Å². The van der Waals surface area contributed by atoms with Crippen LogP contribution in [0.4, 0.5) is 5.69 Å². The van der Waals surface area contributed by atoms with Crippen molar-refractivity contribution in [2.45, 2.75) is 29.9 Å². The molecule has 0 saturated carbocycles. The Hall–Kier alpha value is -1.86. The number of carbonyl (C=O) groups excluding carboxylic acids is 2. The SMILES string of the molecule is CCc1ccccc1NC(=O)CN(C)C(=O)C(C)Sc1nccs1. The van der Waals surface area contributed by atoms with Gasteiger partial charge in [0.1, 0.15) is 0 Å². The van der Waals surface area contributed by atoms with Gasteiger partial charge in [-0.15, -0.1) is 11.3 Å². The monoisotopic (exact) mass is 363 g/mol. The Morgan fingerprint density at radius 2 is 2.12 bits per heavy atom. The number of thioether (sulfide) groups is 1. The lowest BCUT2D eigenvalue weighted by Crippen LogP contribution is -2.39. The minimum absolute atomic E-state index is 0.0274. The molecule has 2 aromatic rings. The molecule has 0 spiro atoms. The molecule has 2 rings (SSSR count). The fraction of sp³-hybridized carbons (Fsp3) is 0.353. The minimum Gasteiger partial charge on any atom is -0.335 e. The highest BCUT2D eigenvalue weighted by molar-refractivity contribution is 8.02. The second-order valence-corrected chi connectivity index (χ2v) is 7.79. The summed E-state index contributed by atoms with van der Waals surface area (Å²) < 4.78 is 0.852. The van der Waals surface area contributed by atoms with E-state index in [1.165, 1.54) is 28.0 Å². The first kappa shape index (κ1) is 18.5. The number of thiazole rings is 1. The van der Waals surface area contributed by atoms with Gasteiger partial charge >= 0.3 is 0 Å². The van der Waals surface area contributed by atoms with Gasteiger partial charge in [0.2, 0.25) is 11.8 Å². The van der Waals surface area contributed by atoms with Crippen LogP contribution in [-0.2, 0) is 16.0 Å². The van der Waals surface area contributed by atoms with E-state index in [1.54, 1.807) is 13.2 Å². The molecular weight excluding hydrogens is 342 g/mol. The Labute approximate surface area is 150 Å². The topological polar surface area (TPSA) is 62.3 Å². The van der Waals surface area contributed by atoms with E-state index in [0.29, 0.717) is 0 Å². The summed E-state index contributed by atoms with van der Waals surface area (Å²) in [5.41, 5.74) is 1.88. The van der Waals surface area contributed by atoms with Gasteiger partial charge in [0.05, 0.1) is 11.8 Å². The zero-order valence-corrected chi connectivity index (χ0v) is 15.6. The van der Waals surface area contributed by atoms with Gasteiger partial charge < -0.3 is 10.2 Å². The maximum atomic E-state index is 12.4. The number of hydrogen-bond acceptors (Lipinski definition) is 5. The molecule has 128 valence electrons.